The molecular formula is C16H21FO4. The van der Waals surface area contributed by atoms with E-state index in [0.717, 1.165) is 18.4 Å². The zero-order valence-corrected chi connectivity index (χ0v) is 12.5. The highest BCUT2D eigenvalue weighted by Gasteiger charge is 2.64. The fourth-order valence-corrected chi connectivity index (χ4v) is 3.85. The first-order valence-electron chi connectivity index (χ1n) is 7.79. The Morgan fingerprint density at radius 3 is 2.10 bits per heavy atom. The van der Waals surface area contributed by atoms with Gasteiger partial charge in [0.25, 0.3) is 0 Å². The van der Waals surface area contributed by atoms with E-state index < -0.39 is 17.4 Å². The van der Waals surface area contributed by atoms with E-state index in [0.29, 0.717) is 12.3 Å². The summed E-state index contributed by atoms with van der Waals surface area (Å²) in [5, 5.41) is 0. The summed E-state index contributed by atoms with van der Waals surface area (Å²) in [5.74, 6) is -1.13. The molecule has 0 radical (unpaired) electrons. The zero-order valence-electron chi connectivity index (χ0n) is 12.5. The van der Waals surface area contributed by atoms with Crippen molar-refractivity contribution in [2.24, 2.45) is 23.2 Å². The molecule has 5 heteroatoms. The van der Waals surface area contributed by atoms with Crippen molar-refractivity contribution in [1.29, 1.82) is 0 Å². The summed E-state index contributed by atoms with van der Waals surface area (Å²) in [7, 11) is 0. The Labute approximate surface area is 123 Å². The summed E-state index contributed by atoms with van der Waals surface area (Å²) in [4.78, 5) is 24.7. The highest BCUT2D eigenvalue weighted by atomic mass is 19.1. The Morgan fingerprint density at radius 1 is 1.10 bits per heavy atom. The molecule has 4 nitrogen and oxygen atoms in total. The predicted octanol–water partition coefficient (Wildman–Crippen LogP) is 2.77. The Balaban J connectivity index is 1.84. The van der Waals surface area contributed by atoms with Crippen LogP contribution in [0.4, 0.5) is 4.39 Å². The van der Waals surface area contributed by atoms with Crippen LogP contribution in [0.3, 0.4) is 0 Å². The summed E-state index contributed by atoms with van der Waals surface area (Å²) in [6.45, 7) is 3.82. The van der Waals surface area contributed by atoms with Gasteiger partial charge in [-0.1, -0.05) is 0 Å². The van der Waals surface area contributed by atoms with Gasteiger partial charge in [-0.15, -0.1) is 0 Å². The number of halogens is 1. The average Bonchev–Trinajstić information content (AvgIpc) is 3.19. The number of hydrogen-bond acceptors (Lipinski definition) is 4. The number of rotatable bonds is 5. The fourth-order valence-electron chi connectivity index (χ4n) is 3.85. The van der Waals surface area contributed by atoms with Gasteiger partial charge in [0, 0.05) is 5.92 Å². The molecule has 0 aromatic carbocycles. The monoisotopic (exact) mass is 296 g/mol. The molecule has 0 aromatic rings. The maximum absolute atomic E-state index is 14.2. The van der Waals surface area contributed by atoms with E-state index in [9.17, 15) is 14.0 Å². The second-order valence-electron chi connectivity index (χ2n) is 6.22. The van der Waals surface area contributed by atoms with Gasteiger partial charge in [-0.25, -0.2) is 4.39 Å². The zero-order chi connectivity index (χ0) is 15.2. The Morgan fingerprint density at radius 2 is 1.62 bits per heavy atom. The van der Waals surface area contributed by atoms with Crippen LogP contribution in [0.5, 0.6) is 0 Å². The highest BCUT2D eigenvalue weighted by molar-refractivity contribution is 6.00. The molecule has 3 rings (SSSR count). The molecule has 0 aromatic heterocycles. The minimum Gasteiger partial charge on any atom is -0.465 e. The minimum absolute atomic E-state index is 0.0197. The van der Waals surface area contributed by atoms with Crippen molar-refractivity contribution >= 4 is 11.9 Å². The second-order valence-corrected chi connectivity index (χ2v) is 6.22. The van der Waals surface area contributed by atoms with Crippen molar-refractivity contribution in [3.8, 4) is 0 Å². The lowest BCUT2D eigenvalue weighted by atomic mass is 9.73. The lowest BCUT2D eigenvalue weighted by Crippen LogP contribution is -2.40. The third-order valence-corrected chi connectivity index (χ3v) is 4.97. The molecule has 0 N–H and O–H groups in total. The molecule has 2 atom stereocenters. The number of ether oxygens (including phenoxy) is 2. The second kappa shape index (κ2) is 5.11. The molecule has 21 heavy (non-hydrogen) atoms. The topological polar surface area (TPSA) is 52.6 Å². The SMILES string of the molecule is CCOC(=O)C1(C(=O)OCC)CC2C(F)=C(C3CC3)C2C1. The van der Waals surface area contributed by atoms with Gasteiger partial charge in [-0.3, -0.25) is 9.59 Å². The van der Waals surface area contributed by atoms with E-state index in [2.05, 4.69) is 0 Å². The van der Waals surface area contributed by atoms with Crippen molar-refractivity contribution < 1.29 is 23.5 Å². The van der Waals surface area contributed by atoms with Crippen LogP contribution in [0.25, 0.3) is 0 Å². The lowest BCUT2D eigenvalue weighted by Gasteiger charge is -2.32. The molecular weight excluding hydrogens is 275 g/mol. The third-order valence-electron chi connectivity index (χ3n) is 4.97. The summed E-state index contributed by atoms with van der Waals surface area (Å²) in [5.41, 5.74) is -0.453. The minimum atomic E-state index is -1.31. The number of esters is 2. The molecule has 0 saturated heterocycles. The largest absolute Gasteiger partial charge is 0.465 e. The first-order chi connectivity index (χ1) is 10.0. The first kappa shape index (κ1) is 14.5. The van der Waals surface area contributed by atoms with Crippen molar-refractivity contribution in [1.82, 2.24) is 0 Å². The third kappa shape index (κ3) is 2.09. The van der Waals surface area contributed by atoms with Crippen LogP contribution >= 0.6 is 0 Å². The highest BCUT2D eigenvalue weighted by Crippen LogP contribution is 2.64. The van der Waals surface area contributed by atoms with Crippen LogP contribution in [-0.4, -0.2) is 25.2 Å². The van der Waals surface area contributed by atoms with Crippen molar-refractivity contribution in [2.45, 2.75) is 39.5 Å². The summed E-state index contributed by atoms with van der Waals surface area (Å²) in [6, 6.07) is 0. The molecule has 0 amide bonds. The van der Waals surface area contributed by atoms with Gasteiger partial charge >= 0.3 is 11.9 Å². The van der Waals surface area contributed by atoms with E-state index >= 15 is 0 Å². The fraction of sp³-hybridized carbons (Fsp3) is 0.750. The molecule has 2 unspecified atom stereocenters. The summed E-state index contributed by atoms with van der Waals surface area (Å²) in [6.07, 6.45) is 2.58. The van der Waals surface area contributed by atoms with E-state index in [1.54, 1.807) is 13.8 Å². The van der Waals surface area contributed by atoms with E-state index in [1.807, 2.05) is 0 Å². The molecule has 2 saturated carbocycles. The predicted molar refractivity (Wildman–Crippen MR) is 72.8 cm³/mol. The van der Waals surface area contributed by atoms with Crippen LogP contribution in [0, 0.1) is 23.2 Å². The Hall–Kier alpha value is -1.39. The first-order valence-corrected chi connectivity index (χ1v) is 7.79. The molecule has 0 spiro atoms. The standard InChI is InChI=1S/C16H21FO4/c1-3-20-14(18)16(15(19)21-4-2)7-10-11(8-16)13(17)12(10)9-5-6-9/h9-11H,3-8H2,1-2H3. The Kier molecular flexibility index (Phi) is 3.54. The molecule has 0 aliphatic heterocycles. The van der Waals surface area contributed by atoms with E-state index in [1.165, 1.54) is 0 Å². The van der Waals surface area contributed by atoms with Gasteiger partial charge in [0.15, 0.2) is 5.41 Å². The van der Waals surface area contributed by atoms with Gasteiger partial charge in [0.2, 0.25) is 0 Å². The molecule has 3 aliphatic carbocycles. The van der Waals surface area contributed by atoms with Crippen molar-refractivity contribution in [2.75, 3.05) is 13.2 Å². The van der Waals surface area contributed by atoms with E-state index in [4.69, 9.17) is 9.47 Å². The number of hydrogen-bond donors (Lipinski definition) is 0. The van der Waals surface area contributed by atoms with Gasteiger partial charge in [0.1, 0.15) is 5.83 Å². The molecule has 116 valence electrons. The van der Waals surface area contributed by atoms with Crippen LogP contribution in [-0.2, 0) is 19.1 Å². The van der Waals surface area contributed by atoms with Crippen LogP contribution < -0.4 is 0 Å². The maximum atomic E-state index is 14.2. The van der Waals surface area contributed by atoms with Gasteiger partial charge in [-0.2, -0.15) is 0 Å². The van der Waals surface area contributed by atoms with Crippen LogP contribution in [0.15, 0.2) is 11.4 Å². The van der Waals surface area contributed by atoms with E-state index in [-0.39, 0.29) is 37.3 Å². The molecule has 0 heterocycles. The van der Waals surface area contributed by atoms with Gasteiger partial charge in [-0.05, 0) is 56.9 Å². The van der Waals surface area contributed by atoms with Crippen LogP contribution in [0.1, 0.15) is 39.5 Å². The van der Waals surface area contributed by atoms with Crippen molar-refractivity contribution in [3.63, 3.8) is 0 Å². The number of carbonyl (C=O) groups is 2. The smallest absolute Gasteiger partial charge is 0.323 e. The van der Waals surface area contributed by atoms with Crippen LogP contribution in [0.2, 0.25) is 0 Å². The molecule has 2 fully saturated rings. The van der Waals surface area contributed by atoms with Gasteiger partial charge < -0.3 is 9.47 Å². The Bertz CT molecular complexity index is 488. The maximum Gasteiger partial charge on any atom is 0.323 e. The summed E-state index contributed by atoms with van der Waals surface area (Å²) >= 11 is 0. The lowest BCUT2D eigenvalue weighted by molar-refractivity contribution is -0.171. The van der Waals surface area contributed by atoms with Gasteiger partial charge in [0.05, 0.1) is 13.2 Å². The number of carbonyl (C=O) groups excluding carboxylic acids is 2. The normalized spacial score (nSPS) is 29.7. The average molecular weight is 296 g/mol. The molecule has 3 aliphatic rings. The summed E-state index contributed by atoms with van der Waals surface area (Å²) < 4.78 is 24.4. The number of allylic oxidation sites excluding steroid dienone is 2. The number of fused-ring (bicyclic) bond motifs is 1. The quantitative estimate of drug-likeness (QED) is 0.578. The van der Waals surface area contributed by atoms with Crippen molar-refractivity contribution in [3.05, 3.63) is 11.4 Å². The molecule has 0 bridgehead atoms.